The Labute approximate surface area is 167 Å². The third-order valence-corrected chi connectivity index (χ3v) is 5.11. The molecule has 1 atom stereocenters. The number of carboxylic acids is 1. The highest BCUT2D eigenvalue weighted by molar-refractivity contribution is 5.87. The number of primary amides is 1. The van der Waals surface area contributed by atoms with Crippen LogP contribution in [0.15, 0.2) is 39.5 Å². The summed E-state index contributed by atoms with van der Waals surface area (Å²) < 4.78 is 5.87. The summed E-state index contributed by atoms with van der Waals surface area (Å²) in [5.74, 6) is -2.72. The third kappa shape index (κ3) is 5.03. The van der Waals surface area contributed by atoms with Gasteiger partial charge in [0.1, 0.15) is 5.76 Å². The van der Waals surface area contributed by atoms with Gasteiger partial charge in [0.15, 0.2) is 5.76 Å². The largest absolute Gasteiger partial charge is 0.502 e. The number of aromatic hydroxyl groups is 1. The van der Waals surface area contributed by atoms with Crippen LogP contribution >= 0.6 is 0 Å². The van der Waals surface area contributed by atoms with Gasteiger partial charge in [0.25, 0.3) is 0 Å². The van der Waals surface area contributed by atoms with Gasteiger partial charge in [0.05, 0.1) is 18.0 Å². The molecule has 0 spiro atoms. The van der Waals surface area contributed by atoms with E-state index in [1.807, 2.05) is 0 Å². The fourth-order valence-electron chi connectivity index (χ4n) is 3.63. The summed E-state index contributed by atoms with van der Waals surface area (Å²) in [7, 11) is 0. The Morgan fingerprint density at radius 1 is 1.14 bits per heavy atom. The van der Waals surface area contributed by atoms with Crippen LogP contribution in [0.3, 0.4) is 0 Å². The molecule has 2 heterocycles. The first-order valence-corrected chi connectivity index (χ1v) is 9.55. The first kappa shape index (κ1) is 20.6. The fourth-order valence-corrected chi connectivity index (χ4v) is 3.63. The quantitative estimate of drug-likeness (QED) is 0.647. The van der Waals surface area contributed by atoms with Crippen LogP contribution in [-0.4, -0.2) is 40.1 Å². The molecule has 3 rings (SSSR count). The molecule has 1 aromatic carbocycles. The van der Waals surface area contributed by atoms with E-state index in [0.717, 1.165) is 25.9 Å². The molecule has 4 N–H and O–H groups in total. The second-order valence-electron chi connectivity index (χ2n) is 7.28. The van der Waals surface area contributed by atoms with Crippen LogP contribution in [0.25, 0.3) is 0 Å². The topological polar surface area (TPSA) is 134 Å². The number of carbonyl (C=O) groups is 2. The van der Waals surface area contributed by atoms with Crippen LogP contribution < -0.4 is 11.2 Å². The van der Waals surface area contributed by atoms with Crippen molar-refractivity contribution >= 4 is 11.9 Å². The van der Waals surface area contributed by atoms with Gasteiger partial charge in [-0.25, -0.2) is 4.79 Å². The lowest BCUT2D eigenvalue weighted by Crippen LogP contribution is -2.29. The summed E-state index contributed by atoms with van der Waals surface area (Å²) in [6.07, 6.45) is 3.13. The molecule has 1 amide bonds. The van der Waals surface area contributed by atoms with Gasteiger partial charge in [-0.15, -0.1) is 0 Å². The van der Waals surface area contributed by atoms with Gasteiger partial charge < -0.3 is 20.4 Å². The highest BCUT2D eigenvalue weighted by Gasteiger charge is 2.26. The van der Waals surface area contributed by atoms with Gasteiger partial charge >= 0.3 is 5.97 Å². The van der Waals surface area contributed by atoms with E-state index in [-0.39, 0.29) is 17.7 Å². The van der Waals surface area contributed by atoms with Crippen molar-refractivity contribution in [2.24, 2.45) is 5.73 Å². The van der Waals surface area contributed by atoms with Crippen LogP contribution in [0.5, 0.6) is 5.75 Å². The Hall–Kier alpha value is -3.13. The smallest absolute Gasteiger partial charge is 0.335 e. The van der Waals surface area contributed by atoms with Crippen LogP contribution in [0.1, 0.15) is 59.0 Å². The maximum atomic E-state index is 12.3. The molecule has 0 saturated carbocycles. The number of nitrogens with zero attached hydrogens (tertiary/aromatic N) is 1. The van der Waals surface area contributed by atoms with E-state index < -0.39 is 29.0 Å². The zero-order chi connectivity index (χ0) is 21.0. The number of rotatable bonds is 7. The number of amides is 1. The van der Waals surface area contributed by atoms with E-state index in [4.69, 9.17) is 15.3 Å². The van der Waals surface area contributed by atoms with Crippen LogP contribution in [0.4, 0.5) is 0 Å². The average Bonchev–Trinajstić information content (AvgIpc) is 2.69. The number of piperidine rings is 1. The van der Waals surface area contributed by atoms with Crippen molar-refractivity contribution in [3.05, 3.63) is 63.2 Å². The maximum Gasteiger partial charge on any atom is 0.335 e. The zero-order valence-corrected chi connectivity index (χ0v) is 16.0. The standard InChI is InChI=1S/C21H24N2O6/c22-18(25)11-16(13-4-6-14(7-5-13)21(27)28)20-19(26)17(24)10-15(29-20)12-23-8-2-1-3-9-23/h4-7,10,16,26H,1-3,8-9,11-12H2,(H2,22,25)(H,27,28)/t16-/m1/s1. The van der Waals surface area contributed by atoms with Gasteiger partial charge in [-0.05, 0) is 43.6 Å². The van der Waals surface area contributed by atoms with Crippen molar-refractivity contribution in [3.8, 4) is 5.75 Å². The van der Waals surface area contributed by atoms with Crippen molar-refractivity contribution in [1.82, 2.24) is 4.90 Å². The molecule has 0 radical (unpaired) electrons. The van der Waals surface area contributed by atoms with E-state index in [9.17, 15) is 19.5 Å². The van der Waals surface area contributed by atoms with Gasteiger partial charge in [-0.1, -0.05) is 18.6 Å². The second-order valence-corrected chi connectivity index (χ2v) is 7.28. The summed E-state index contributed by atoms with van der Waals surface area (Å²) in [6.45, 7) is 2.24. The monoisotopic (exact) mass is 400 g/mol. The molecular formula is C21H24N2O6. The van der Waals surface area contributed by atoms with E-state index >= 15 is 0 Å². The second kappa shape index (κ2) is 8.91. The fraction of sp³-hybridized carbons (Fsp3) is 0.381. The molecule has 8 heteroatoms. The summed E-state index contributed by atoms with van der Waals surface area (Å²) in [5.41, 5.74) is 5.39. The van der Waals surface area contributed by atoms with Crippen molar-refractivity contribution in [3.63, 3.8) is 0 Å². The Kier molecular flexibility index (Phi) is 6.33. The Balaban J connectivity index is 1.98. The van der Waals surface area contributed by atoms with E-state index in [0.29, 0.717) is 17.9 Å². The van der Waals surface area contributed by atoms with Crippen LogP contribution in [0, 0.1) is 0 Å². The minimum Gasteiger partial charge on any atom is -0.502 e. The molecule has 1 aliphatic rings. The SMILES string of the molecule is NC(=O)C[C@H](c1ccc(C(=O)O)cc1)c1oc(CN2CCCCC2)cc(=O)c1O. The number of carboxylic acid groups (broad SMARTS) is 1. The predicted molar refractivity (Wildman–Crippen MR) is 105 cm³/mol. The lowest BCUT2D eigenvalue weighted by Gasteiger charge is -2.26. The molecule has 29 heavy (non-hydrogen) atoms. The number of hydrogen-bond acceptors (Lipinski definition) is 6. The zero-order valence-electron chi connectivity index (χ0n) is 16.0. The van der Waals surface area contributed by atoms with Crippen molar-refractivity contribution < 1.29 is 24.2 Å². The predicted octanol–water partition coefficient (Wildman–Crippen LogP) is 2.04. The number of hydrogen-bond donors (Lipinski definition) is 3. The van der Waals surface area contributed by atoms with E-state index in [1.165, 1.54) is 36.8 Å². The van der Waals surface area contributed by atoms with Gasteiger partial charge in [0.2, 0.25) is 17.1 Å². The van der Waals surface area contributed by atoms with Crippen molar-refractivity contribution in [1.29, 1.82) is 0 Å². The molecule has 0 aliphatic carbocycles. The molecule has 1 aliphatic heterocycles. The maximum absolute atomic E-state index is 12.3. The third-order valence-electron chi connectivity index (χ3n) is 5.11. The minimum atomic E-state index is -1.08. The first-order valence-electron chi connectivity index (χ1n) is 9.55. The molecule has 0 unspecified atom stereocenters. The van der Waals surface area contributed by atoms with Crippen molar-refractivity contribution in [2.45, 2.75) is 38.1 Å². The summed E-state index contributed by atoms with van der Waals surface area (Å²) in [5, 5.41) is 19.4. The Bertz CT molecular complexity index is 945. The number of likely N-dealkylation sites (tertiary alicyclic amines) is 1. The molecule has 1 fully saturated rings. The molecular weight excluding hydrogens is 376 g/mol. The first-order chi connectivity index (χ1) is 13.8. The van der Waals surface area contributed by atoms with E-state index in [1.54, 1.807) is 0 Å². The van der Waals surface area contributed by atoms with Gasteiger partial charge in [-0.2, -0.15) is 0 Å². The molecule has 8 nitrogen and oxygen atoms in total. The Morgan fingerprint density at radius 2 is 1.79 bits per heavy atom. The molecule has 0 bridgehead atoms. The molecule has 1 aromatic heterocycles. The normalized spacial score (nSPS) is 15.7. The van der Waals surface area contributed by atoms with Crippen LogP contribution in [-0.2, 0) is 11.3 Å². The molecule has 154 valence electrons. The Morgan fingerprint density at radius 3 is 2.38 bits per heavy atom. The number of aromatic carboxylic acids is 1. The van der Waals surface area contributed by atoms with Gasteiger partial charge in [-0.3, -0.25) is 14.5 Å². The summed E-state index contributed by atoms with van der Waals surface area (Å²) in [4.78, 5) is 37.3. The lowest BCUT2D eigenvalue weighted by atomic mass is 9.91. The summed E-state index contributed by atoms with van der Waals surface area (Å²) >= 11 is 0. The van der Waals surface area contributed by atoms with Gasteiger partial charge in [0, 0.05) is 12.5 Å². The van der Waals surface area contributed by atoms with Crippen LogP contribution in [0.2, 0.25) is 0 Å². The van der Waals surface area contributed by atoms with Crippen molar-refractivity contribution in [2.75, 3.05) is 13.1 Å². The summed E-state index contributed by atoms with van der Waals surface area (Å²) in [6, 6.07) is 7.08. The highest BCUT2D eigenvalue weighted by Crippen LogP contribution is 2.33. The highest BCUT2D eigenvalue weighted by atomic mass is 16.4. The number of carbonyl (C=O) groups excluding carboxylic acids is 1. The number of nitrogens with two attached hydrogens (primary N) is 1. The average molecular weight is 400 g/mol. The lowest BCUT2D eigenvalue weighted by molar-refractivity contribution is -0.118. The molecule has 1 saturated heterocycles. The number of benzene rings is 1. The van der Waals surface area contributed by atoms with E-state index in [2.05, 4.69) is 4.90 Å². The molecule has 2 aromatic rings. The minimum absolute atomic E-state index is 0.0358.